The van der Waals surface area contributed by atoms with Crippen LogP contribution in [0.15, 0.2) is 0 Å². The van der Waals surface area contributed by atoms with Gasteiger partial charge in [0, 0.05) is 13.2 Å². The maximum atomic E-state index is 5.47. The Bertz CT molecular complexity index is 106. The van der Waals surface area contributed by atoms with E-state index in [9.17, 15) is 0 Å². The number of hydrogen-bond donors (Lipinski definition) is 0. The summed E-state index contributed by atoms with van der Waals surface area (Å²) in [5, 5.41) is 0. The van der Waals surface area contributed by atoms with E-state index < -0.39 is 0 Å². The molecule has 13 heavy (non-hydrogen) atoms. The first-order chi connectivity index (χ1) is 6.18. The minimum atomic E-state index is 0.551. The summed E-state index contributed by atoms with van der Waals surface area (Å²) in [4.78, 5) is 0. The lowest BCUT2D eigenvalue weighted by Gasteiger charge is -2.26. The zero-order chi connectivity index (χ0) is 10.2. The second-order valence-electron chi connectivity index (χ2n) is 4.23. The normalized spacial score (nSPS) is 12.0. The lowest BCUT2D eigenvalue weighted by atomic mass is 9.80. The summed E-state index contributed by atoms with van der Waals surface area (Å²) >= 11 is 0. The third-order valence-corrected chi connectivity index (χ3v) is 3.12. The van der Waals surface area contributed by atoms with E-state index in [1.165, 1.54) is 25.7 Å². The molecule has 0 atom stereocenters. The minimum absolute atomic E-state index is 0.551. The van der Waals surface area contributed by atoms with E-state index in [1.54, 1.807) is 0 Å². The van der Waals surface area contributed by atoms with Gasteiger partial charge in [0.1, 0.15) is 0 Å². The van der Waals surface area contributed by atoms with Crippen molar-refractivity contribution in [1.29, 1.82) is 0 Å². The summed E-state index contributed by atoms with van der Waals surface area (Å²) in [5.41, 5.74) is 0.551. The predicted molar refractivity (Wildman–Crippen MR) is 59.0 cm³/mol. The van der Waals surface area contributed by atoms with Crippen molar-refractivity contribution in [3.63, 3.8) is 0 Å². The lowest BCUT2D eigenvalue weighted by Crippen LogP contribution is -2.14. The SMILES string of the molecule is CCCOCCCC(C)(CC)CC. The van der Waals surface area contributed by atoms with Crippen LogP contribution in [0.5, 0.6) is 0 Å². The van der Waals surface area contributed by atoms with E-state index in [4.69, 9.17) is 4.74 Å². The molecule has 80 valence electrons. The zero-order valence-electron chi connectivity index (χ0n) is 9.86. The summed E-state index contributed by atoms with van der Waals surface area (Å²) in [5.74, 6) is 0. The number of hydrogen-bond acceptors (Lipinski definition) is 1. The van der Waals surface area contributed by atoms with Crippen LogP contribution in [0.2, 0.25) is 0 Å². The monoisotopic (exact) mass is 186 g/mol. The Morgan fingerprint density at radius 1 is 1.00 bits per heavy atom. The Labute approximate surface area is 83.9 Å². The molecule has 0 spiro atoms. The summed E-state index contributed by atoms with van der Waals surface area (Å²) in [7, 11) is 0. The molecule has 0 N–H and O–H groups in total. The molecule has 1 nitrogen and oxygen atoms in total. The Morgan fingerprint density at radius 2 is 1.62 bits per heavy atom. The van der Waals surface area contributed by atoms with Gasteiger partial charge in [-0.2, -0.15) is 0 Å². The van der Waals surface area contributed by atoms with E-state index in [-0.39, 0.29) is 0 Å². The van der Waals surface area contributed by atoms with Gasteiger partial charge in [0.05, 0.1) is 0 Å². The van der Waals surface area contributed by atoms with Crippen LogP contribution in [0.4, 0.5) is 0 Å². The maximum Gasteiger partial charge on any atom is 0.0466 e. The van der Waals surface area contributed by atoms with Crippen molar-refractivity contribution >= 4 is 0 Å². The average molecular weight is 186 g/mol. The molecule has 0 bridgehead atoms. The molecule has 0 saturated heterocycles. The molecule has 0 aromatic rings. The van der Waals surface area contributed by atoms with Gasteiger partial charge in [-0.05, 0) is 24.7 Å². The second-order valence-corrected chi connectivity index (χ2v) is 4.23. The van der Waals surface area contributed by atoms with Gasteiger partial charge >= 0.3 is 0 Å². The van der Waals surface area contributed by atoms with Crippen molar-refractivity contribution in [1.82, 2.24) is 0 Å². The van der Waals surface area contributed by atoms with Crippen molar-refractivity contribution in [2.75, 3.05) is 13.2 Å². The molecular formula is C12H26O. The standard InChI is InChI=1S/C12H26O/c1-5-10-13-11-8-9-12(4,6-2)7-3/h5-11H2,1-4H3. The van der Waals surface area contributed by atoms with E-state index in [2.05, 4.69) is 27.7 Å². The first-order valence-corrected chi connectivity index (χ1v) is 5.76. The molecule has 0 radical (unpaired) electrons. The molecule has 1 heteroatoms. The van der Waals surface area contributed by atoms with Gasteiger partial charge in [-0.25, -0.2) is 0 Å². The fourth-order valence-electron chi connectivity index (χ4n) is 1.45. The first kappa shape index (κ1) is 13.0. The molecule has 0 amide bonds. The number of rotatable bonds is 8. The summed E-state index contributed by atoms with van der Waals surface area (Å²) in [6.07, 6.45) is 6.25. The highest BCUT2D eigenvalue weighted by molar-refractivity contribution is 4.70. The average Bonchev–Trinajstić information content (AvgIpc) is 2.17. The van der Waals surface area contributed by atoms with Crippen molar-refractivity contribution in [2.24, 2.45) is 5.41 Å². The van der Waals surface area contributed by atoms with Crippen molar-refractivity contribution in [2.45, 2.75) is 59.8 Å². The van der Waals surface area contributed by atoms with Crippen molar-refractivity contribution in [3.05, 3.63) is 0 Å². The Morgan fingerprint density at radius 3 is 2.08 bits per heavy atom. The van der Waals surface area contributed by atoms with Crippen molar-refractivity contribution < 1.29 is 4.74 Å². The van der Waals surface area contributed by atoms with Crippen LogP contribution in [0, 0.1) is 5.41 Å². The van der Waals surface area contributed by atoms with Crippen LogP contribution < -0.4 is 0 Å². The fourth-order valence-corrected chi connectivity index (χ4v) is 1.45. The zero-order valence-corrected chi connectivity index (χ0v) is 9.86. The topological polar surface area (TPSA) is 9.23 Å². The molecule has 0 aromatic carbocycles. The van der Waals surface area contributed by atoms with Gasteiger partial charge < -0.3 is 4.74 Å². The molecule has 0 heterocycles. The molecule has 0 aliphatic rings. The summed E-state index contributed by atoms with van der Waals surface area (Å²) in [6.45, 7) is 11.0. The van der Waals surface area contributed by atoms with E-state index in [1.807, 2.05) is 0 Å². The van der Waals surface area contributed by atoms with Crippen LogP contribution in [-0.4, -0.2) is 13.2 Å². The molecule has 0 aliphatic heterocycles. The van der Waals surface area contributed by atoms with Gasteiger partial charge in [-0.15, -0.1) is 0 Å². The van der Waals surface area contributed by atoms with Gasteiger partial charge in [-0.1, -0.05) is 40.5 Å². The molecule has 0 aliphatic carbocycles. The van der Waals surface area contributed by atoms with Gasteiger partial charge in [-0.3, -0.25) is 0 Å². The molecule has 0 unspecified atom stereocenters. The molecular weight excluding hydrogens is 160 g/mol. The number of ether oxygens (including phenoxy) is 1. The predicted octanol–water partition coefficient (Wildman–Crippen LogP) is 4.02. The lowest BCUT2D eigenvalue weighted by molar-refractivity contribution is 0.117. The molecule has 0 aromatic heterocycles. The second kappa shape index (κ2) is 7.37. The van der Waals surface area contributed by atoms with Crippen LogP contribution in [0.25, 0.3) is 0 Å². The van der Waals surface area contributed by atoms with Crippen LogP contribution in [0.1, 0.15) is 59.8 Å². The molecule has 0 rings (SSSR count). The minimum Gasteiger partial charge on any atom is -0.381 e. The highest BCUT2D eigenvalue weighted by atomic mass is 16.5. The maximum absolute atomic E-state index is 5.47. The summed E-state index contributed by atoms with van der Waals surface area (Å²) < 4.78 is 5.47. The smallest absolute Gasteiger partial charge is 0.0466 e. The first-order valence-electron chi connectivity index (χ1n) is 5.76. The quantitative estimate of drug-likeness (QED) is 0.520. The summed E-state index contributed by atoms with van der Waals surface area (Å²) in [6, 6.07) is 0. The van der Waals surface area contributed by atoms with Gasteiger partial charge in [0.15, 0.2) is 0 Å². The highest BCUT2D eigenvalue weighted by Crippen LogP contribution is 2.30. The largest absolute Gasteiger partial charge is 0.381 e. The van der Waals surface area contributed by atoms with Crippen LogP contribution in [-0.2, 0) is 4.74 Å². The third-order valence-electron chi connectivity index (χ3n) is 3.12. The van der Waals surface area contributed by atoms with E-state index in [0.29, 0.717) is 5.41 Å². The Balaban J connectivity index is 3.39. The van der Waals surface area contributed by atoms with Crippen LogP contribution in [0.3, 0.4) is 0 Å². The van der Waals surface area contributed by atoms with E-state index >= 15 is 0 Å². The van der Waals surface area contributed by atoms with Gasteiger partial charge in [0.2, 0.25) is 0 Å². The molecule has 0 saturated carbocycles. The van der Waals surface area contributed by atoms with Crippen molar-refractivity contribution in [3.8, 4) is 0 Å². The van der Waals surface area contributed by atoms with Crippen LogP contribution >= 0.6 is 0 Å². The Kier molecular flexibility index (Phi) is 7.35. The van der Waals surface area contributed by atoms with Gasteiger partial charge in [0.25, 0.3) is 0 Å². The third kappa shape index (κ3) is 6.09. The molecule has 0 fully saturated rings. The Hall–Kier alpha value is -0.0400. The fraction of sp³-hybridized carbons (Fsp3) is 1.00. The van der Waals surface area contributed by atoms with E-state index in [0.717, 1.165) is 19.6 Å². The highest BCUT2D eigenvalue weighted by Gasteiger charge is 2.18.